The van der Waals surface area contributed by atoms with E-state index in [1.54, 1.807) is 0 Å². The van der Waals surface area contributed by atoms with Gasteiger partial charge in [-0.25, -0.2) is 0 Å². The van der Waals surface area contributed by atoms with E-state index in [4.69, 9.17) is 10.5 Å². The molecule has 2 rings (SSSR count). The van der Waals surface area contributed by atoms with Crippen LogP contribution in [0.1, 0.15) is 40.8 Å². The molecule has 2 N–H and O–H groups in total. The van der Waals surface area contributed by atoms with Gasteiger partial charge in [0.25, 0.3) is 0 Å². The van der Waals surface area contributed by atoms with Gasteiger partial charge in [0.05, 0.1) is 12.6 Å². The molecule has 2 heteroatoms. The molecule has 106 valence electrons. The van der Waals surface area contributed by atoms with E-state index >= 15 is 0 Å². The Morgan fingerprint density at radius 3 is 2.25 bits per heavy atom. The van der Waals surface area contributed by atoms with E-state index in [0.29, 0.717) is 6.61 Å². The molecule has 0 aromatic heterocycles. The fourth-order valence-corrected chi connectivity index (χ4v) is 2.54. The Bertz CT molecular complexity index is 604. The normalized spacial score (nSPS) is 12.2. The summed E-state index contributed by atoms with van der Waals surface area (Å²) in [5.74, 6) is 0.880. The van der Waals surface area contributed by atoms with Gasteiger partial charge in [-0.05, 0) is 44.9 Å². The van der Waals surface area contributed by atoms with Crippen LogP contribution in [0, 0.1) is 20.8 Å². The number of benzene rings is 2. The van der Waals surface area contributed by atoms with Gasteiger partial charge in [0.15, 0.2) is 0 Å². The zero-order valence-electron chi connectivity index (χ0n) is 12.7. The minimum Gasteiger partial charge on any atom is -0.494 e. The van der Waals surface area contributed by atoms with Gasteiger partial charge >= 0.3 is 0 Å². The van der Waals surface area contributed by atoms with Crippen LogP contribution in [0.3, 0.4) is 0 Å². The van der Waals surface area contributed by atoms with Crippen LogP contribution in [-0.4, -0.2) is 6.61 Å². The van der Waals surface area contributed by atoms with Crippen LogP contribution in [0.2, 0.25) is 0 Å². The summed E-state index contributed by atoms with van der Waals surface area (Å²) in [7, 11) is 0. The summed E-state index contributed by atoms with van der Waals surface area (Å²) in [6.45, 7) is 8.93. The fourth-order valence-electron chi connectivity index (χ4n) is 2.54. The van der Waals surface area contributed by atoms with Crippen molar-refractivity contribution in [1.82, 2.24) is 0 Å². The SMILES string of the molecule is CCOc1ccc(C)cc1C(N)c1ccc(C)cc1C. The van der Waals surface area contributed by atoms with E-state index in [-0.39, 0.29) is 6.04 Å². The molecule has 2 nitrogen and oxygen atoms in total. The second kappa shape index (κ2) is 6.10. The molecule has 2 aromatic carbocycles. The van der Waals surface area contributed by atoms with E-state index in [1.165, 1.54) is 16.7 Å². The Morgan fingerprint density at radius 1 is 0.950 bits per heavy atom. The highest BCUT2D eigenvalue weighted by atomic mass is 16.5. The maximum atomic E-state index is 6.49. The lowest BCUT2D eigenvalue weighted by Gasteiger charge is -2.19. The molecular weight excluding hydrogens is 246 g/mol. The topological polar surface area (TPSA) is 35.2 Å². The van der Waals surface area contributed by atoms with E-state index in [9.17, 15) is 0 Å². The van der Waals surface area contributed by atoms with Gasteiger partial charge in [-0.3, -0.25) is 0 Å². The largest absolute Gasteiger partial charge is 0.494 e. The van der Waals surface area contributed by atoms with Crippen LogP contribution >= 0.6 is 0 Å². The van der Waals surface area contributed by atoms with Gasteiger partial charge in [-0.15, -0.1) is 0 Å². The number of ether oxygens (including phenoxy) is 1. The lowest BCUT2D eigenvalue weighted by Crippen LogP contribution is -2.15. The van der Waals surface area contributed by atoms with Crippen LogP contribution in [0.5, 0.6) is 5.75 Å². The average Bonchev–Trinajstić information content (AvgIpc) is 2.40. The van der Waals surface area contributed by atoms with Crippen molar-refractivity contribution in [1.29, 1.82) is 0 Å². The first-order valence-corrected chi connectivity index (χ1v) is 7.09. The van der Waals surface area contributed by atoms with Crippen LogP contribution < -0.4 is 10.5 Å². The molecule has 0 aliphatic carbocycles. The van der Waals surface area contributed by atoms with E-state index < -0.39 is 0 Å². The first-order valence-electron chi connectivity index (χ1n) is 7.09. The van der Waals surface area contributed by atoms with E-state index in [0.717, 1.165) is 16.9 Å². The summed E-state index contributed by atoms with van der Waals surface area (Å²) in [6.07, 6.45) is 0. The quantitative estimate of drug-likeness (QED) is 0.908. The minimum absolute atomic E-state index is 0.156. The van der Waals surface area contributed by atoms with Gasteiger partial charge in [-0.2, -0.15) is 0 Å². The molecule has 0 bridgehead atoms. The number of aryl methyl sites for hydroxylation is 3. The summed E-state index contributed by atoms with van der Waals surface area (Å²) in [4.78, 5) is 0. The van der Waals surface area contributed by atoms with Crippen molar-refractivity contribution in [2.45, 2.75) is 33.7 Å². The third kappa shape index (κ3) is 3.02. The average molecular weight is 269 g/mol. The molecule has 0 aliphatic heterocycles. The Balaban J connectivity index is 2.46. The highest BCUT2D eigenvalue weighted by Gasteiger charge is 2.16. The van der Waals surface area contributed by atoms with Crippen molar-refractivity contribution >= 4 is 0 Å². The minimum atomic E-state index is -0.156. The van der Waals surface area contributed by atoms with Crippen LogP contribution in [0.4, 0.5) is 0 Å². The van der Waals surface area contributed by atoms with Crippen molar-refractivity contribution in [3.8, 4) is 5.75 Å². The zero-order valence-corrected chi connectivity index (χ0v) is 12.7. The maximum Gasteiger partial charge on any atom is 0.124 e. The molecule has 0 saturated heterocycles. The van der Waals surface area contributed by atoms with Crippen LogP contribution in [0.25, 0.3) is 0 Å². The van der Waals surface area contributed by atoms with Gasteiger partial charge in [-0.1, -0.05) is 41.5 Å². The maximum absolute atomic E-state index is 6.49. The number of rotatable bonds is 4. The van der Waals surface area contributed by atoms with Gasteiger partial charge in [0, 0.05) is 5.56 Å². The predicted octanol–water partition coefficient (Wildman–Crippen LogP) is 4.06. The lowest BCUT2D eigenvalue weighted by molar-refractivity contribution is 0.335. The molecule has 0 spiro atoms. The molecule has 20 heavy (non-hydrogen) atoms. The molecule has 1 atom stereocenters. The molecule has 0 aliphatic rings. The van der Waals surface area contributed by atoms with Gasteiger partial charge in [0.1, 0.15) is 5.75 Å². The van der Waals surface area contributed by atoms with Crippen molar-refractivity contribution < 1.29 is 4.74 Å². The zero-order chi connectivity index (χ0) is 14.7. The van der Waals surface area contributed by atoms with E-state index in [1.807, 2.05) is 13.0 Å². The van der Waals surface area contributed by atoms with Crippen molar-refractivity contribution in [3.05, 3.63) is 64.2 Å². The predicted molar refractivity (Wildman–Crippen MR) is 84.3 cm³/mol. The molecule has 0 heterocycles. The molecular formula is C18H23NO. The van der Waals surface area contributed by atoms with Gasteiger partial charge in [0.2, 0.25) is 0 Å². The molecule has 0 amide bonds. The number of hydrogen-bond donors (Lipinski definition) is 1. The summed E-state index contributed by atoms with van der Waals surface area (Å²) in [5.41, 5.74) is 12.4. The standard InChI is InChI=1S/C18H23NO/c1-5-20-17-9-7-13(3)11-16(17)18(19)15-8-6-12(2)10-14(15)4/h6-11,18H,5,19H2,1-4H3. The summed E-state index contributed by atoms with van der Waals surface area (Å²) >= 11 is 0. The fraction of sp³-hybridized carbons (Fsp3) is 0.333. The molecule has 2 aromatic rings. The molecule has 0 fully saturated rings. The molecule has 1 unspecified atom stereocenters. The third-order valence-electron chi connectivity index (χ3n) is 3.56. The Morgan fingerprint density at radius 2 is 1.60 bits per heavy atom. The smallest absolute Gasteiger partial charge is 0.124 e. The lowest BCUT2D eigenvalue weighted by atomic mass is 9.93. The second-order valence-electron chi connectivity index (χ2n) is 5.31. The third-order valence-corrected chi connectivity index (χ3v) is 3.56. The number of nitrogens with two attached hydrogens (primary N) is 1. The molecule has 0 saturated carbocycles. The number of hydrogen-bond acceptors (Lipinski definition) is 2. The van der Waals surface area contributed by atoms with Crippen molar-refractivity contribution in [2.24, 2.45) is 5.73 Å². The second-order valence-corrected chi connectivity index (χ2v) is 5.31. The van der Waals surface area contributed by atoms with Crippen LogP contribution in [0.15, 0.2) is 36.4 Å². The highest BCUT2D eigenvalue weighted by Crippen LogP contribution is 2.31. The van der Waals surface area contributed by atoms with Crippen molar-refractivity contribution in [3.63, 3.8) is 0 Å². The van der Waals surface area contributed by atoms with E-state index in [2.05, 4.69) is 51.1 Å². The highest BCUT2D eigenvalue weighted by molar-refractivity contribution is 5.46. The Labute approximate surface area is 121 Å². The first kappa shape index (κ1) is 14.6. The Hall–Kier alpha value is -1.80. The molecule has 0 radical (unpaired) electrons. The monoisotopic (exact) mass is 269 g/mol. The van der Waals surface area contributed by atoms with Crippen LogP contribution in [-0.2, 0) is 0 Å². The summed E-state index contributed by atoms with van der Waals surface area (Å²) in [6, 6.07) is 12.4. The Kier molecular flexibility index (Phi) is 4.46. The van der Waals surface area contributed by atoms with Crippen molar-refractivity contribution in [2.75, 3.05) is 6.61 Å². The van der Waals surface area contributed by atoms with Gasteiger partial charge < -0.3 is 10.5 Å². The summed E-state index contributed by atoms with van der Waals surface area (Å²) in [5, 5.41) is 0. The summed E-state index contributed by atoms with van der Waals surface area (Å²) < 4.78 is 5.72. The first-order chi connectivity index (χ1) is 9.52.